The van der Waals surface area contributed by atoms with Gasteiger partial charge in [0.25, 0.3) is 0 Å². The number of nitrogens with one attached hydrogen (secondary N) is 1. The number of aromatic nitrogens is 1. The van der Waals surface area contributed by atoms with Gasteiger partial charge in [0, 0.05) is 28.9 Å². The molecule has 3 heteroatoms. The minimum Gasteiger partial charge on any atom is -0.382 e. The number of hydrogen-bond donors (Lipinski definition) is 1. The van der Waals surface area contributed by atoms with Crippen LogP contribution in [0, 0.1) is 5.92 Å². The normalized spacial score (nSPS) is 23.2. The summed E-state index contributed by atoms with van der Waals surface area (Å²) in [6.07, 6.45) is 8.55. The van der Waals surface area contributed by atoms with Crippen molar-refractivity contribution in [2.75, 3.05) is 5.32 Å². The first kappa shape index (κ1) is 13.6. The zero-order valence-corrected chi connectivity index (χ0v) is 12.8. The second-order valence-electron chi connectivity index (χ2n) is 5.87. The van der Waals surface area contributed by atoms with Gasteiger partial charge < -0.3 is 5.32 Å². The quantitative estimate of drug-likeness (QED) is 0.785. The Kier molecular flexibility index (Phi) is 4.36. The average molecular weight is 286 g/mol. The van der Waals surface area contributed by atoms with E-state index in [4.69, 9.17) is 0 Å². The van der Waals surface area contributed by atoms with Crippen LogP contribution >= 0.6 is 11.3 Å². The largest absolute Gasteiger partial charge is 0.382 e. The summed E-state index contributed by atoms with van der Waals surface area (Å²) in [5.41, 5.74) is 2.45. The minimum absolute atomic E-state index is 0.631. The van der Waals surface area contributed by atoms with E-state index in [9.17, 15) is 0 Å². The molecule has 0 aliphatic heterocycles. The molecule has 0 amide bonds. The van der Waals surface area contributed by atoms with Crippen molar-refractivity contribution in [2.24, 2.45) is 5.92 Å². The minimum atomic E-state index is 0.631. The van der Waals surface area contributed by atoms with E-state index in [0.717, 1.165) is 10.9 Å². The van der Waals surface area contributed by atoms with Crippen LogP contribution in [0.1, 0.15) is 39.0 Å². The van der Waals surface area contributed by atoms with Crippen molar-refractivity contribution in [3.63, 3.8) is 0 Å². The predicted molar refractivity (Wildman–Crippen MR) is 87.2 cm³/mol. The van der Waals surface area contributed by atoms with Gasteiger partial charge in [0.05, 0.1) is 0 Å². The molecule has 0 saturated heterocycles. The van der Waals surface area contributed by atoms with Gasteiger partial charge in [-0.05, 0) is 37.3 Å². The van der Waals surface area contributed by atoms with Crippen LogP contribution < -0.4 is 5.32 Å². The Bertz CT molecular complexity index is 536. The Morgan fingerprint density at radius 1 is 1.20 bits per heavy atom. The summed E-state index contributed by atoms with van der Waals surface area (Å²) < 4.78 is 0. The van der Waals surface area contributed by atoms with Gasteiger partial charge in [-0.15, -0.1) is 11.3 Å². The lowest BCUT2D eigenvalue weighted by atomic mass is 10.0. The molecule has 1 saturated carbocycles. The van der Waals surface area contributed by atoms with Crippen molar-refractivity contribution in [1.29, 1.82) is 0 Å². The molecule has 0 bridgehead atoms. The lowest BCUT2D eigenvalue weighted by Crippen LogP contribution is -2.18. The Morgan fingerprint density at radius 3 is 3.00 bits per heavy atom. The number of nitrogens with zero attached hydrogens (tertiary/aromatic N) is 1. The van der Waals surface area contributed by atoms with Crippen LogP contribution in [0.4, 0.5) is 5.69 Å². The third-order valence-corrected chi connectivity index (χ3v) is 4.99. The van der Waals surface area contributed by atoms with Gasteiger partial charge in [-0.25, -0.2) is 4.98 Å². The predicted octanol–water partition coefficient (Wildman–Crippen LogP) is 5.19. The van der Waals surface area contributed by atoms with E-state index in [1.165, 1.54) is 43.4 Å². The maximum absolute atomic E-state index is 4.39. The second-order valence-corrected chi connectivity index (χ2v) is 6.77. The summed E-state index contributed by atoms with van der Waals surface area (Å²) in [6.45, 7) is 2.38. The van der Waals surface area contributed by atoms with Crippen LogP contribution in [-0.2, 0) is 0 Å². The topological polar surface area (TPSA) is 24.9 Å². The van der Waals surface area contributed by atoms with Gasteiger partial charge in [-0.3, -0.25) is 0 Å². The highest BCUT2D eigenvalue weighted by atomic mass is 32.1. The second kappa shape index (κ2) is 6.40. The third-order valence-electron chi connectivity index (χ3n) is 4.17. The molecule has 3 rings (SSSR count). The molecule has 0 radical (unpaired) electrons. The lowest BCUT2D eigenvalue weighted by molar-refractivity contribution is 0.502. The summed E-state index contributed by atoms with van der Waals surface area (Å²) in [6, 6.07) is 9.29. The zero-order valence-electron chi connectivity index (χ0n) is 12.0. The van der Waals surface area contributed by atoms with Crippen LogP contribution in [-0.4, -0.2) is 11.0 Å². The highest BCUT2D eigenvalue weighted by Gasteiger charge is 2.16. The first-order valence-corrected chi connectivity index (χ1v) is 8.46. The van der Waals surface area contributed by atoms with Crippen LogP contribution in [0.2, 0.25) is 0 Å². The van der Waals surface area contributed by atoms with E-state index in [-0.39, 0.29) is 0 Å². The van der Waals surface area contributed by atoms with Gasteiger partial charge in [-0.1, -0.05) is 31.9 Å². The summed E-state index contributed by atoms with van der Waals surface area (Å²) in [5.74, 6) is 0.892. The Balaban J connectivity index is 1.70. The lowest BCUT2D eigenvalue weighted by Gasteiger charge is -2.18. The summed E-state index contributed by atoms with van der Waals surface area (Å²) >= 11 is 1.70. The maximum Gasteiger partial charge on any atom is 0.123 e. The molecule has 1 fully saturated rings. The number of anilines is 1. The third kappa shape index (κ3) is 3.40. The van der Waals surface area contributed by atoms with Crippen molar-refractivity contribution < 1.29 is 0 Å². The van der Waals surface area contributed by atoms with Crippen molar-refractivity contribution in [3.05, 3.63) is 35.8 Å². The number of rotatable bonds is 3. The molecule has 2 atom stereocenters. The first-order chi connectivity index (χ1) is 9.81. The monoisotopic (exact) mass is 286 g/mol. The molecule has 2 aromatic rings. The van der Waals surface area contributed by atoms with E-state index >= 15 is 0 Å². The van der Waals surface area contributed by atoms with E-state index in [1.54, 1.807) is 11.3 Å². The van der Waals surface area contributed by atoms with Crippen molar-refractivity contribution in [1.82, 2.24) is 4.98 Å². The molecule has 1 heterocycles. The molecule has 1 aromatic carbocycles. The Morgan fingerprint density at radius 2 is 2.15 bits per heavy atom. The molecular formula is C17H22N2S. The number of thiazole rings is 1. The Hall–Kier alpha value is -1.35. The van der Waals surface area contributed by atoms with E-state index in [0.29, 0.717) is 6.04 Å². The van der Waals surface area contributed by atoms with E-state index < -0.39 is 0 Å². The van der Waals surface area contributed by atoms with Gasteiger partial charge in [-0.2, -0.15) is 0 Å². The van der Waals surface area contributed by atoms with Crippen LogP contribution in [0.3, 0.4) is 0 Å². The van der Waals surface area contributed by atoms with E-state index in [2.05, 4.69) is 41.5 Å². The van der Waals surface area contributed by atoms with Crippen LogP contribution in [0.15, 0.2) is 35.8 Å². The fraction of sp³-hybridized carbons (Fsp3) is 0.471. The summed E-state index contributed by atoms with van der Waals surface area (Å²) in [5, 5.41) is 6.85. The first-order valence-electron chi connectivity index (χ1n) is 7.58. The molecule has 20 heavy (non-hydrogen) atoms. The van der Waals surface area contributed by atoms with Crippen LogP contribution in [0.25, 0.3) is 10.6 Å². The molecule has 106 valence electrons. The fourth-order valence-corrected chi connectivity index (χ4v) is 3.61. The molecule has 0 spiro atoms. The maximum atomic E-state index is 4.39. The highest BCUT2D eigenvalue weighted by Crippen LogP contribution is 2.28. The average Bonchev–Trinajstić information content (AvgIpc) is 2.92. The molecule has 1 aliphatic carbocycles. The van der Waals surface area contributed by atoms with E-state index in [1.807, 2.05) is 11.6 Å². The zero-order chi connectivity index (χ0) is 13.8. The smallest absolute Gasteiger partial charge is 0.123 e. The van der Waals surface area contributed by atoms with Crippen molar-refractivity contribution in [2.45, 2.75) is 45.1 Å². The fourth-order valence-electron chi connectivity index (χ4n) is 2.98. The highest BCUT2D eigenvalue weighted by molar-refractivity contribution is 7.13. The molecule has 1 aromatic heterocycles. The molecule has 2 unspecified atom stereocenters. The molecule has 2 nitrogen and oxygen atoms in total. The summed E-state index contributed by atoms with van der Waals surface area (Å²) in [7, 11) is 0. The molecule has 1 N–H and O–H groups in total. The van der Waals surface area contributed by atoms with Crippen molar-refractivity contribution in [3.8, 4) is 10.6 Å². The van der Waals surface area contributed by atoms with Gasteiger partial charge in [0.1, 0.15) is 5.01 Å². The number of benzene rings is 1. The summed E-state index contributed by atoms with van der Waals surface area (Å²) in [4.78, 5) is 4.39. The standard InChI is InChI=1S/C17H22N2S/c1-13-4-2-6-15(9-8-13)19-16-7-3-5-14(12-16)17-18-10-11-20-17/h3,5,7,10-13,15,19H,2,4,6,8-9H2,1H3. The molecule has 1 aliphatic rings. The van der Waals surface area contributed by atoms with Crippen molar-refractivity contribution >= 4 is 17.0 Å². The SMILES string of the molecule is CC1CCCC(Nc2cccc(-c3nccs3)c2)CC1. The number of hydrogen-bond acceptors (Lipinski definition) is 3. The Labute approximate surface area is 125 Å². The molecular weight excluding hydrogens is 264 g/mol. The van der Waals surface area contributed by atoms with Gasteiger partial charge >= 0.3 is 0 Å². The van der Waals surface area contributed by atoms with Crippen LogP contribution in [0.5, 0.6) is 0 Å². The van der Waals surface area contributed by atoms with Gasteiger partial charge in [0.15, 0.2) is 0 Å². The van der Waals surface area contributed by atoms with Gasteiger partial charge in [0.2, 0.25) is 0 Å².